The van der Waals surface area contributed by atoms with Crippen LogP contribution in [0.1, 0.15) is 36.2 Å². The first kappa shape index (κ1) is 21.8. The Balaban J connectivity index is 1.42. The van der Waals surface area contributed by atoms with Crippen molar-refractivity contribution in [2.45, 2.75) is 52.3 Å². The predicted octanol–water partition coefficient (Wildman–Crippen LogP) is 2.37. The number of benzene rings is 1. The molecule has 162 valence electrons. The van der Waals surface area contributed by atoms with Crippen molar-refractivity contribution in [1.29, 1.82) is 0 Å². The van der Waals surface area contributed by atoms with E-state index < -0.39 is 0 Å². The van der Waals surface area contributed by atoms with Crippen molar-refractivity contribution in [3.63, 3.8) is 0 Å². The molecule has 1 aromatic heterocycles. The summed E-state index contributed by atoms with van der Waals surface area (Å²) in [6.45, 7) is 7.03. The fourth-order valence-electron chi connectivity index (χ4n) is 3.51. The van der Waals surface area contributed by atoms with Gasteiger partial charge in [0.05, 0.1) is 5.69 Å². The van der Waals surface area contributed by atoms with Gasteiger partial charge in [-0.2, -0.15) is 5.10 Å². The number of guanidine groups is 1. The number of rotatable bonds is 8. The number of amides is 1. The lowest BCUT2D eigenvalue weighted by Gasteiger charge is -2.14. The van der Waals surface area contributed by atoms with Crippen molar-refractivity contribution in [3.05, 3.63) is 47.3 Å². The van der Waals surface area contributed by atoms with Crippen LogP contribution >= 0.6 is 0 Å². The molecule has 2 heterocycles. The average molecular weight is 413 g/mol. The molecule has 0 saturated carbocycles. The summed E-state index contributed by atoms with van der Waals surface area (Å²) in [5.41, 5.74) is 4.07. The number of carbonyl (C=O) groups excluding carboxylic acids is 1. The standard InChI is InChI=1S/C22H32N6O2/c1-16-13-17(2)28(27-16)11-6-10-24-22(23-3)25-15-18-7-4-8-19(14-18)26-21(29)20-9-5-12-30-20/h4,7-8,13-14,20H,5-6,9-12,15H2,1-3H3,(H,26,29)(H2,23,24,25). The Morgan fingerprint density at radius 3 is 2.87 bits per heavy atom. The minimum absolute atomic E-state index is 0.0716. The lowest BCUT2D eigenvalue weighted by molar-refractivity contribution is -0.124. The molecule has 3 N–H and O–H groups in total. The van der Waals surface area contributed by atoms with Crippen LogP contribution in [0.3, 0.4) is 0 Å². The van der Waals surface area contributed by atoms with E-state index in [1.807, 2.05) is 35.9 Å². The summed E-state index contributed by atoms with van der Waals surface area (Å²) in [6, 6.07) is 9.90. The molecule has 8 nitrogen and oxygen atoms in total. The Morgan fingerprint density at radius 1 is 1.30 bits per heavy atom. The number of hydrogen-bond donors (Lipinski definition) is 3. The third kappa shape index (κ3) is 6.32. The number of nitrogens with one attached hydrogen (secondary N) is 3. The second-order valence-corrected chi connectivity index (χ2v) is 7.55. The molecule has 2 aromatic rings. The molecule has 1 aliphatic heterocycles. The number of aromatic nitrogens is 2. The normalized spacial score (nSPS) is 16.5. The number of anilines is 1. The quantitative estimate of drug-likeness (QED) is 0.352. The van der Waals surface area contributed by atoms with Gasteiger partial charge in [0.2, 0.25) is 0 Å². The molecule has 1 amide bonds. The van der Waals surface area contributed by atoms with Gasteiger partial charge in [0.15, 0.2) is 5.96 Å². The Hall–Kier alpha value is -2.87. The molecule has 1 atom stereocenters. The largest absolute Gasteiger partial charge is 0.368 e. The van der Waals surface area contributed by atoms with Gasteiger partial charge >= 0.3 is 0 Å². The van der Waals surface area contributed by atoms with Gasteiger partial charge in [0, 0.05) is 44.7 Å². The number of aryl methyl sites for hydroxylation is 3. The maximum absolute atomic E-state index is 12.2. The van der Waals surface area contributed by atoms with Crippen molar-refractivity contribution in [1.82, 2.24) is 20.4 Å². The van der Waals surface area contributed by atoms with Crippen LogP contribution in [-0.2, 0) is 22.6 Å². The van der Waals surface area contributed by atoms with Crippen molar-refractivity contribution in [3.8, 4) is 0 Å². The van der Waals surface area contributed by atoms with Gasteiger partial charge < -0.3 is 20.7 Å². The van der Waals surface area contributed by atoms with E-state index in [1.165, 1.54) is 5.69 Å². The molecular formula is C22H32N6O2. The number of aliphatic imine (C=N–C) groups is 1. The fourth-order valence-corrected chi connectivity index (χ4v) is 3.51. The summed E-state index contributed by atoms with van der Waals surface area (Å²) in [4.78, 5) is 16.5. The van der Waals surface area contributed by atoms with Gasteiger partial charge in [-0.15, -0.1) is 0 Å². The maximum Gasteiger partial charge on any atom is 0.253 e. The molecule has 1 saturated heterocycles. The highest BCUT2D eigenvalue weighted by atomic mass is 16.5. The van der Waals surface area contributed by atoms with Crippen LogP contribution in [0.2, 0.25) is 0 Å². The van der Waals surface area contributed by atoms with Gasteiger partial charge in [-0.05, 0) is 56.9 Å². The molecule has 0 bridgehead atoms. The zero-order valence-electron chi connectivity index (χ0n) is 18.1. The van der Waals surface area contributed by atoms with E-state index in [2.05, 4.69) is 39.0 Å². The van der Waals surface area contributed by atoms with E-state index in [0.29, 0.717) is 13.2 Å². The Labute approximate surface area is 178 Å². The monoisotopic (exact) mass is 412 g/mol. The zero-order chi connectivity index (χ0) is 21.3. The van der Waals surface area contributed by atoms with Crippen LogP contribution in [0.25, 0.3) is 0 Å². The Morgan fingerprint density at radius 2 is 2.17 bits per heavy atom. The van der Waals surface area contributed by atoms with E-state index in [-0.39, 0.29) is 12.0 Å². The summed E-state index contributed by atoms with van der Waals surface area (Å²) in [5, 5.41) is 14.1. The number of nitrogens with zero attached hydrogens (tertiary/aromatic N) is 3. The molecular weight excluding hydrogens is 380 g/mol. The van der Waals surface area contributed by atoms with Crippen LogP contribution in [0.4, 0.5) is 5.69 Å². The van der Waals surface area contributed by atoms with Crippen LogP contribution in [0.15, 0.2) is 35.3 Å². The van der Waals surface area contributed by atoms with Gasteiger partial charge in [0.1, 0.15) is 6.10 Å². The average Bonchev–Trinajstić information content (AvgIpc) is 3.37. The number of carbonyl (C=O) groups is 1. The number of ether oxygens (including phenoxy) is 1. The van der Waals surface area contributed by atoms with Gasteiger partial charge in [-0.25, -0.2) is 0 Å². The summed E-state index contributed by atoms with van der Waals surface area (Å²) in [6.07, 6.45) is 2.35. The number of hydrogen-bond acceptors (Lipinski definition) is 4. The molecule has 3 rings (SSSR count). The highest BCUT2D eigenvalue weighted by molar-refractivity contribution is 5.94. The Bertz CT molecular complexity index is 870. The van der Waals surface area contributed by atoms with Gasteiger partial charge in [-0.3, -0.25) is 14.5 Å². The molecule has 1 aromatic carbocycles. The fraction of sp³-hybridized carbons (Fsp3) is 0.500. The molecule has 0 aliphatic carbocycles. The first-order valence-electron chi connectivity index (χ1n) is 10.5. The minimum atomic E-state index is -0.329. The third-order valence-corrected chi connectivity index (χ3v) is 5.04. The highest BCUT2D eigenvalue weighted by Gasteiger charge is 2.23. The molecule has 30 heavy (non-hydrogen) atoms. The zero-order valence-corrected chi connectivity index (χ0v) is 18.1. The third-order valence-electron chi connectivity index (χ3n) is 5.04. The van der Waals surface area contributed by atoms with E-state index >= 15 is 0 Å². The van der Waals surface area contributed by atoms with Crippen LogP contribution < -0.4 is 16.0 Å². The highest BCUT2D eigenvalue weighted by Crippen LogP contribution is 2.16. The summed E-state index contributed by atoms with van der Waals surface area (Å²) < 4.78 is 7.47. The van der Waals surface area contributed by atoms with Crippen molar-refractivity contribution in [2.24, 2.45) is 4.99 Å². The second-order valence-electron chi connectivity index (χ2n) is 7.55. The second kappa shape index (κ2) is 10.8. The van der Waals surface area contributed by atoms with Crippen molar-refractivity contribution >= 4 is 17.6 Å². The first-order valence-corrected chi connectivity index (χ1v) is 10.5. The van der Waals surface area contributed by atoms with E-state index in [9.17, 15) is 4.79 Å². The SMILES string of the molecule is CN=C(NCCCn1nc(C)cc1C)NCc1cccc(NC(=O)C2CCCO2)c1. The molecule has 1 aliphatic rings. The van der Waals surface area contributed by atoms with E-state index in [0.717, 1.165) is 55.3 Å². The molecule has 1 unspecified atom stereocenters. The molecule has 0 spiro atoms. The van der Waals surface area contributed by atoms with Gasteiger partial charge in [0.25, 0.3) is 5.91 Å². The topological polar surface area (TPSA) is 92.6 Å². The van der Waals surface area contributed by atoms with Crippen LogP contribution in [0, 0.1) is 13.8 Å². The Kier molecular flexibility index (Phi) is 7.84. The maximum atomic E-state index is 12.2. The van der Waals surface area contributed by atoms with Crippen LogP contribution in [0.5, 0.6) is 0 Å². The lowest BCUT2D eigenvalue weighted by Crippen LogP contribution is -2.37. The lowest BCUT2D eigenvalue weighted by atomic mass is 10.2. The first-order chi connectivity index (χ1) is 14.5. The van der Waals surface area contributed by atoms with E-state index in [1.54, 1.807) is 7.05 Å². The van der Waals surface area contributed by atoms with Crippen LogP contribution in [-0.4, -0.2) is 48.0 Å². The van der Waals surface area contributed by atoms with Gasteiger partial charge in [-0.1, -0.05) is 12.1 Å². The molecule has 8 heteroatoms. The smallest absolute Gasteiger partial charge is 0.253 e. The predicted molar refractivity (Wildman–Crippen MR) is 119 cm³/mol. The summed E-state index contributed by atoms with van der Waals surface area (Å²) in [7, 11) is 1.76. The summed E-state index contributed by atoms with van der Waals surface area (Å²) in [5.74, 6) is 0.676. The van der Waals surface area contributed by atoms with Crippen molar-refractivity contribution in [2.75, 3.05) is 25.5 Å². The summed E-state index contributed by atoms with van der Waals surface area (Å²) >= 11 is 0. The molecule has 1 fully saturated rings. The molecule has 0 radical (unpaired) electrons. The van der Waals surface area contributed by atoms with E-state index in [4.69, 9.17) is 4.74 Å². The minimum Gasteiger partial charge on any atom is -0.368 e. The van der Waals surface area contributed by atoms with Crippen molar-refractivity contribution < 1.29 is 9.53 Å².